The number of aromatic nitrogens is 4. The van der Waals surface area contributed by atoms with Crippen LogP contribution in [0.2, 0.25) is 25.7 Å². The quantitative estimate of drug-likeness (QED) is 0.0199. The van der Waals surface area contributed by atoms with Crippen LogP contribution in [0.1, 0.15) is 115 Å². The zero-order valence-electron chi connectivity index (χ0n) is 45.5. The van der Waals surface area contributed by atoms with Gasteiger partial charge in [-0.3, -0.25) is 43.2 Å². The van der Waals surface area contributed by atoms with Crippen molar-refractivity contribution in [3.8, 4) is 0 Å². The summed E-state index contributed by atoms with van der Waals surface area (Å²) < 4.78 is 40.4. The van der Waals surface area contributed by atoms with Crippen molar-refractivity contribution in [1.82, 2.24) is 19.9 Å². The van der Waals surface area contributed by atoms with Crippen LogP contribution in [0.5, 0.6) is 0 Å². The van der Waals surface area contributed by atoms with Crippen molar-refractivity contribution in [1.29, 1.82) is 0 Å². The van der Waals surface area contributed by atoms with Crippen molar-refractivity contribution in [3.63, 3.8) is 0 Å². The van der Waals surface area contributed by atoms with Gasteiger partial charge in [-0.05, 0) is 76.2 Å². The van der Waals surface area contributed by atoms with Crippen LogP contribution in [0.25, 0.3) is 0 Å². The predicted octanol–water partition coefficient (Wildman–Crippen LogP) is 4.62. The molecule has 0 radical (unpaired) electrons. The molecule has 0 aliphatic heterocycles. The number of nitrogens with one attached hydrogen (secondary N) is 5. The third kappa shape index (κ3) is 17.0. The van der Waals surface area contributed by atoms with Crippen LogP contribution < -0.4 is 5.32 Å². The fraction of sp³-hybridized carbons (Fsp3) is 0.528. The lowest BCUT2D eigenvalue weighted by atomic mass is 9.94. The molecule has 416 valence electrons. The third-order valence-corrected chi connectivity index (χ3v) is 15.0. The van der Waals surface area contributed by atoms with Crippen molar-refractivity contribution in [2.75, 3.05) is 68.7 Å². The first-order valence-corrected chi connectivity index (χ1v) is 28.5. The Bertz CT molecular complexity index is 2740. The van der Waals surface area contributed by atoms with Gasteiger partial charge in [-0.2, -0.15) is 0 Å². The highest BCUT2D eigenvalue weighted by Crippen LogP contribution is 2.35. The van der Waals surface area contributed by atoms with E-state index in [4.69, 9.17) is 37.9 Å². The molecule has 0 bridgehead atoms. The number of methoxy groups -OCH3 is 8. The van der Waals surface area contributed by atoms with Crippen molar-refractivity contribution in [2.24, 2.45) is 0 Å². The van der Waals surface area contributed by atoms with Crippen molar-refractivity contribution in [2.45, 2.75) is 122 Å². The molecule has 4 aromatic rings. The van der Waals surface area contributed by atoms with Gasteiger partial charge in [-0.1, -0.05) is 19.6 Å². The number of carbonyl (C=O) groups excluding carboxylic acids is 9. The number of anilines is 1. The molecule has 0 aromatic carbocycles. The first-order valence-electron chi connectivity index (χ1n) is 24.8. The van der Waals surface area contributed by atoms with Crippen molar-refractivity contribution in [3.05, 3.63) is 84.4 Å². The number of esters is 8. The fourth-order valence-corrected chi connectivity index (χ4v) is 10.0. The number of aromatic amines is 4. The number of aldehydes is 1. The lowest BCUT2D eigenvalue weighted by Gasteiger charge is -2.16. The predicted molar refractivity (Wildman–Crippen MR) is 278 cm³/mol. The number of hydrogen-bond donors (Lipinski definition) is 5. The second-order valence-electron chi connectivity index (χ2n) is 19.2. The molecule has 0 fully saturated rings. The van der Waals surface area contributed by atoms with E-state index in [0.717, 1.165) is 6.04 Å². The molecule has 5 N–H and O–H groups in total. The van der Waals surface area contributed by atoms with Crippen LogP contribution in [0.4, 0.5) is 5.82 Å². The largest absolute Gasteiger partial charge is 0.469 e. The minimum absolute atomic E-state index is 0.00609. The summed E-state index contributed by atoms with van der Waals surface area (Å²) in [5.41, 5.74) is 7.33. The van der Waals surface area contributed by atoms with Gasteiger partial charge in [-0.15, -0.1) is 0 Å². The Kier molecular flexibility index (Phi) is 23.3. The molecule has 0 atom stereocenters. The lowest BCUT2D eigenvalue weighted by molar-refractivity contribution is -0.141. The maximum atomic E-state index is 13.4. The second-order valence-corrected chi connectivity index (χ2v) is 24.8. The molecule has 4 heterocycles. The smallest absolute Gasteiger partial charge is 0.310 e. The number of hydrogen-bond acceptors (Lipinski definition) is 18. The van der Waals surface area contributed by atoms with Gasteiger partial charge in [-0.25, -0.2) is 0 Å². The highest BCUT2D eigenvalue weighted by Gasteiger charge is 2.30. The molecule has 0 saturated carbocycles. The van der Waals surface area contributed by atoms with Crippen LogP contribution >= 0.6 is 0 Å². The highest BCUT2D eigenvalue weighted by atomic mass is 28.3. The number of rotatable bonds is 31. The van der Waals surface area contributed by atoms with Crippen LogP contribution in [0, 0.1) is 0 Å². The molecule has 22 nitrogen and oxygen atoms in total. The lowest BCUT2D eigenvalue weighted by Crippen LogP contribution is -2.23. The van der Waals surface area contributed by atoms with E-state index in [1.165, 1.54) is 56.9 Å². The van der Waals surface area contributed by atoms with Gasteiger partial charge >= 0.3 is 47.8 Å². The Hall–Kier alpha value is -7.43. The summed E-state index contributed by atoms with van der Waals surface area (Å²) in [5.74, 6) is -3.78. The number of ether oxygens (including phenoxy) is 8. The van der Waals surface area contributed by atoms with E-state index in [1.54, 1.807) is 0 Å². The minimum Gasteiger partial charge on any atom is -0.469 e. The second kappa shape index (κ2) is 29.0. The van der Waals surface area contributed by atoms with E-state index in [9.17, 15) is 43.2 Å². The normalized spacial score (nSPS) is 11.1. The van der Waals surface area contributed by atoms with Gasteiger partial charge in [0.25, 0.3) is 0 Å². The fourth-order valence-electron chi connectivity index (χ4n) is 9.14. The van der Waals surface area contributed by atoms with E-state index in [2.05, 4.69) is 44.9 Å². The molecule has 0 saturated heterocycles. The monoisotopic (exact) mass is 1080 g/mol. The Balaban J connectivity index is 2.06. The van der Waals surface area contributed by atoms with E-state index >= 15 is 0 Å². The van der Waals surface area contributed by atoms with Gasteiger partial charge in [0.15, 0.2) is 6.29 Å². The Morgan fingerprint density at radius 2 is 0.684 bits per heavy atom. The SMILES string of the molecule is COC(=O)CCc1c(Cc2[nH]c(Cc3[nH]c(Cc4[nH]c(NCC[Si](C)(C)C)c(CCC(=O)OC)c4CC(=O)OC)c(CCC(=O)OC)c3CC(=O)OC)c(CCC(=O)OC)c2CC(=O)OC)[nH]c(C=O)c1CC(=O)OC. The van der Waals surface area contributed by atoms with Crippen molar-refractivity contribution < 1.29 is 81.0 Å². The molecule has 23 heteroatoms. The zero-order chi connectivity index (χ0) is 56.3. The Morgan fingerprint density at radius 3 is 1.03 bits per heavy atom. The van der Waals surface area contributed by atoms with Gasteiger partial charge in [0.2, 0.25) is 0 Å². The molecule has 0 unspecified atom stereocenters. The summed E-state index contributed by atoms with van der Waals surface area (Å²) in [4.78, 5) is 130. The maximum Gasteiger partial charge on any atom is 0.310 e. The average Bonchev–Trinajstić information content (AvgIpc) is 4.11. The summed E-state index contributed by atoms with van der Waals surface area (Å²) in [5, 5.41) is 3.52. The topological polar surface area (TPSA) is 303 Å². The molecule has 0 aliphatic rings. The van der Waals surface area contributed by atoms with Gasteiger partial charge in [0.1, 0.15) is 5.82 Å². The van der Waals surface area contributed by atoms with E-state index in [1.807, 2.05) is 0 Å². The molecule has 0 spiro atoms. The number of H-pyrrole nitrogens is 4. The van der Waals surface area contributed by atoms with Gasteiger partial charge in [0, 0.05) is 93.7 Å². The highest BCUT2D eigenvalue weighted by molar-refractivity contribution is 6.76. The Labute approximate surface area is 442 Å². The molecule has 0 amide bonds. The molecule has 4 rings (SSSR count). The van der Waals surface area contributed by atoms with E-state index in [-0.39, 0.29) is 102 Å². The standard InChI is InChI=1S/C53H73N5O17Si/c1-68-45(60)16-12-30-34(22-49(64)72-5)42(27-40-32(14-18-47(62)70-3)36(24-51(66)74-7)44(29-59)57-40)55-38(30)26-41-35(23-50(65)73-6)31(13-17-46(61)69-2)39(56-41)28-43-37(25-52(67)75-8)33(15-19-48(63)71-4)53(58-43)54-20-21-76(9,10)11/h29,54-58H,12-28H2,1-11H3. The van der Waals surface area contributed by atoms with Crippen LogP contribution in [0.15, 0.2) is 0 Å². The summed E-state index contributed by atoms with van der Waals surface area (Å²) in [6.07, 6.45) is -0.132. The first kappa shape index (κ1) is 61.1. The summed E-state index contributed by atoms with van der Waals surface area (Å²) in [6.45, 7) is 7.36. The van der Waals surface area contributed by atoms with Gasteiger partial charge < -0.3 is 63.1 Å². The first-order chi connectivity index (χ1) is 36.2. The van der Waals surface area contributed by atoms with Crippen molar-refractivity contribution >= 4 is 67.9 Å². The molecule has 0 aliphatic carbocycles. The van der Waals surface area contributed by atoms with Crippen LogP contribution in [-0.2, 0) is 147 Å². The van der Waals surface area contributed by atoms with Crippen LogP contribution in [-0.4, -0.2) is 145 Å². The molecule has 76 heavy (non-hydrogen) atoms. The van der Waals surface area contributed by atoms with Gasteiger partial charge in [0.05, 0.1) is 88.3 Å². The summed E-state index contributed by atoms with van der Waals surface area (Å²) in [7, 11) is 8.53. The average molecular weight is 1080 g/mol. The zero-order valence-corrected chi connectivity index (χ0v) is 46.5. The summed E-state index contributed by atoms with van der Waals surface area (Å²) in [6, 6.07) is 0.917. The summed E-state index contributed by atoms with van der Waals surface area (Å²) >= 11 is 0. The number of carbonyl (C=O) groups is 9. The maximum absolute atomic E-state index is 13.4. The van der Waals surface area contributed by atoms with Crippen LogP contribution in [0.3, 0.4) is 0 Å². The molecule has 4 aromatic heterocycles. The molecular weight excluding hydrogens is 1010 g/mol. The van der Waals surface area contributed by atoms with E-state index < -0.39 is 55.8 Å². The Morgan fingerprint density at radius 1 is 0.395 bits per heavy atom. The van der Waals surface area contributed by atoms with E-state index in [0.29, 0.717) is 97.3 Å². The minimum atomic E-state index is -1.52. The third-order valence-electron chi connectivity index (χ3n) is 13.2. The molecular formula is C53H73N5O17Si.